The van der Waals surface area contributed by atoms with E-state index in [0.29, 0.717) is 0 Å². The molecule has 2 atom stereocenters. The van der Waals surface area contributed by atoms with Crippen LogP contribution >= 0.6 is 11.8 Å². The maximum absolute atomic E-state index is 11.7. The normalized spacial score (nSPS) is 25.9. The van der Waals surface area contributed by atoms with Crippen molar-refractivity contribution in [3.05, 3.63) is 29.3 Å². The number of amidine groups is 1. The lowest BCUT2D eigenvalue weighted by molar-refractivity contribution is 0.601. The maximum Gasteiger partial charge on any atom is 0.164 e. The zero-order chi connectivity index (χ0) is 15.9. The number of fused-ring (bicyclic) bond motifs is 1. The van der Waals surface area contributed by atoms with Crippen molar-refractivity contribution in [2.24, 2.45) is 4.99 Å². The Morgan fingerprint density at radius 2 is 1.91 bits per heavy atom. The Balaban J connectivity index is 1.90. The lowest BCUT2D eigenvalue weighted by Gasteiger charge is -2.25. The number of anilines is 1. The molecule has 0 aliphatic carbocycles. The highest BCUT2D eigenvalue weighted by molar-refractivity contribution is 8.15. The van der Waals surface area contributed by atoms with Crippen molar-refractivity contribution >= 4 is 32.5 Å². The van der Waals surface area contributed by atoms with Gasteiger partial charge in [0.2, 0.25) is 0 Å². The van der Waals surface area contributed by atoms with Gasteiger partial charge in [-0.15, -0.1) is 0 Å². The second kappa shape index (κ2) is 5.89. The van der Waals surface area contributed by atoms with E-state index in [0.717, 1.165) is 23.8 Å². The Bertz CT molecular complexity index is 693. The molecule has 120 valence electrons. The fraction of sp³-hybridized carbons (Fsp3) is 0.562. The first-order valence-corrected chi connectivity index (χ1v) is 10.4. The summed E-state index contributed by atoms with van der Waals surface area (Å²) in [4.78, 5) is 6.97. The van der Waals surface area contributed by atoms with Gasteiger partial charge in [0.15, 0.2) is 15.0 Å². The largest absolute Gasteiger partial charge is 0.321 e. The van der Waals surface area contributed by atoms with Gasteiger partial charge in [0, 0.05) is 17.5 Å². The van der Waals surface area contributed by atoms with Gasteiger partial charge in [-0.1, -0.05) is 24.8 Å². The maximum atomic E-state index is 11.7. The van der Waals surface area contributed by atoms with Crippen LogP contribution in [0.5, 0.6) is 0 Å². The predicted octanol–water partition coefficient (Wildman–Crippen LogP) is 2.79. The molecule has 1 aromatic carbocycles. The number of nitrogens with zero attached hydrogens (tertiary/aromatic N) is 2. The van der Waals surface area contributed by atoms with Crippen molar-refractivity contribution in [2.45, 2.75) is 38.5 Å². The van der Waals surface area contributed by atoms with E-state index in [1.807, 2.05) is 0 Å². The van der Waals surface area contributed by atoms with Gasteiger partial charge in [-0.05, 0) is 43.5 Å². The van der Waals surface area contributed by atoms with Crippen LogP contribution in [0.25, 0.3) is 0 Å². The molecule has 1 fully saturated rings. The van der Waals surface area contributed by atoms with Crippen LogP contribution < -0.4 is 4.90 Å². The van der Waals surface area contributed by atoms with Gasteiger partial charge >= 0.3 is 0 Å². The highest BCUT2D eigenvalue weighted by atomic mass is 32.2. The zero-order valence-corrected chi connectivity index (χ0v) is 14.9. The number of rotatable bonds is 3. The summed E-state index contributed by atoms with van der Waals surface area (Å²) < 4.78 is 23.4. The second-order valence-electron chi connectivity index (χ2n) is 6.21. The molecule has 4 nitrogen and oxygen atoms in total. The van der Waals surface area contributed by atoms with Crippen molar-refractivity contribution < 1.29 is 8.42 Å². The molecule has 0 amide bonds. The number of hydrogen-bond donors (Lipinski definition) is 0. The van der Waals surface area contributed by atoms with Crippen molar-refractivity contribution in [3.8, 4) is 0 Å². The Kier molecular flexibility index (Phi) is 4.25. The molecule has 6 heteroatoms. The average molecular weight is 338 g/mol. The number of benzene rings is 1. The van der Waals surface area contributed by atoms with E-state index in [4.69, 9.17) is 4.99 Å². The summed E-state index contributed by atoms with van der Waals surface area (Å²) in [6, 6.07) is 6.46. The van der Waals surface area contributed by atoms with E-state index in [9.17, 15) is 8.42 Å². The van der Waals surface area contributed by atoms with E-state index < -0.39 is 9.84 Å². The first-order valence-electron chi connectivity index (χ1n) is 7.68. The monoisotopic (exact) mass is 338 g/mol. The van der Waals surface area contributed by atoms with Gasteiger partial charge < -0.3 is 4.90 Å². The Morgan fingerprint density at radius 3 is 2.50 bits per heavy atom. The zero-order valence-electron chi connectivity index (χ0n) is 13.2. The summed E-state index contributed by atoms with van der Waals surface area (Å²) in [7, 11) is -2.89. The summed E-state index contributed by atoms with van der Waals surface area (Å²) >= 11 is 1.63. The van der Waals surface area contributed by atoms with Crippen molar-refractivity contribution in [1.82, 2.24) is 0 Å². The minimum absolute atomic E-state index is 0.0599. The average Bonchev–Trinajstić information content (AvgIpc) is 2.87. The van der Waals surface area contributed by atoms with E-state index in [1.165, 1.54) is 11.1 Å². The summed E-state index contributed by atoms with van der Waals surface area (Å²) in [5, 5.41) is 1.09. The Labute approximate surface area is 136 Å². The van der Waals surface area contributed by atoms with Crippen LogP contribution in [0.3, 0.4) is 0 Å². The summed E-state index contributed by atoms with van der Waals surface area (Å²) in [5.41, 5.74) is 3.64. The molecule has 0 saturated carbocycles. The predicted molar refractivity (Wildman–Crippen MR) is 94.8 cm³/mol. The van der Waals surface area contributed by atoms with Crippen LogP contribution in [-0.2, 0) is 9.84 Å². The molecule has 2 aliphatic rings. The fourth-order valence-electron chi connectivity index (χ4n) is 3.14. The molecule has 0 N–H and O–H groups in total. The van der Waals surface area contributed by atoms with E-state index in [1.54, 1.807) is 11.8 Å². The van der Waals surface area contributed by atoms with Crippen LogP contribution in [0.1, 0.15) is 24.5 Å². The Morgan fingerprint density at radius 1 is 1.23 bits per heavy atom. The summed E-state index contributed by atoms with van der Waals surface area (Å²) in [5.74, 6) is 0.475. The SMILES string of the molecule is CCCN(C1=NC2CS(=O)(=O)CC2S1)c1cc(C)cc(C)c1. The van der Waals surface area contributed by atoms with E-state index >= 15 is 0 Å². The molecule has 1 saturated heterocycles. The third-order valence-corrected chi connectivity index (χ3v) is 7.25. The molecule has 0 aromatic heterocycles. The lowest BCUT2D eigenvalue weighted by atomic mass is 10.1. The first-order chi connectivity index (χ1) is 10.4. The van der Waals surface area contributed by atoms with E-state index in [2.05, 4.69) is 43.9 Å². The fourth-order valence-corrected chi connectivity index (χ4v) is 6.94. The third kappa shape index (κ3) is 3.18. The molecule has 1 aromatic rings. The molecule has 2 aliphatic heterocycles. The third-order valence-electron chi connectivity index (χ3n) is 4.00. The quantitative estimate of drug-likeness (QED) is 0.850. The van der Waals surface area contributed by atoms with Crippen LogP contribution in [0.15, 0.2) is 23.2 Å². The second-order valence-corrected chi connectivity index (χ2v) is 9.57. The highest BCUT2D eigenvalue weighted by Crippen LogP contribution is 2.37. The summed E-state index contributed by atoms with van der Waals surface area (Å²) in [6.07, 6.45) is 1.03. The summed E-state index contributed by atoms with van der Waals surface area (Å²) in [6.45, 7) is 7.26. The minimum Gasteiger partial charge on any atom is -0.321 e. The molecule has 2 unspecified atom stereocenters. The van der Waals surface area contributed by atoms with Gasteiger partial charge in [-0.3, -0.25) is 4.99 Å². The molecular formula is C16H22N2O2S2. The van der Waals surface area contributed by atoms with Gasteiger partial charge in [0.25, 0.3) is 0 Å². The van der Waals surface area contributed by atoms with Crippen molar-refractivity contribution in [3.63, 3.8) is 0 Å². The van der Waals surface area contributed by atoms with Crippen LogP contribution in [0.4, 0.5) is 5.69 Å². The van der Waals surface area contributed by atoms with Crippen molar-refractivity contribution in [2.75, 3.05) is 23.0 Å². The van der Waals surface area contributed by atoms with Gasteiger partial charge in [0.05, 0.1) is 17.5 Å². The molecular weight excluding hydrogens is 316 g/mol. The lowest BCUT2D eigenvalue weighted by Crippen LogP contribution is -2.29. The molecule has 3 rings (SSSR count). The van der Waals surface area contributed by atoms with Gasteiger partial charge in [0.1, 0.15) is 0 Å². The topological polar surface area (TPSA) is 49.7 Å². The smallest absolute Gasteiger partial charge is 0.164 e. The first kappa shape index (κ1) is 15.9. The molecule has 0 bridgehead atoms. The molecule has 0 radical (unpaired) electrons. The highest BCUT2D eigenvalue weighted by Gasteiger charge is 2.43. The number of aliphatic imine (C=N–C) groups is 1. The molecule has 0 spiro atoms. The number of thioether (sulfide) groups is 1. The van der Waals surface area contributed by atoms with E-state index in [-0.39, 0.29) is 22.8 Å². The number of aryl methyl sites for hydroxylation is 2. The number of hydrogen-bond acceptors (Lipinski definition) is 5. The van der Waals surface area contributed by atoms with Crippen LogP contribution in [-0.4, -0.2) is 42.9 Å². The minimum atomic E-state index is -2.89. The van der Waals surface area contributed by atoms with Gasteiger partial charge in [-0.2, -0.15) is 0 Å². The van der Waals surface area contributed by atoms with Crippen LogP contribution in [0.2, 0.25) is 0 Å². The molecule has 22 heavy (non-hydrogen) atoms. The standard InChI is InChI=1S/C16H22N2O2S2/c1-4-5-18(13-7-11(2)6-12(3)8-13)16-17-14-9-22(19,20)10-15(14)21-16/h6-8,14-15H,4-5,9-10H2,1-3H3. The molecule has 2 heterocycles. The number of sulfone groups is 1. The van der Waals surface area contributed by atoms with Crippen molar-refractivity contribution in [1.29, 1.82) is 0 Å². The van der Waals surface area contributed by atoms with Gasteiger partial charge in [-0.25, -0.2) is 8.42 Å². The van der Waals surface area contributed by atoms with Crippen LogP contribution in [0, 0.1) is 13.8 Å². The Hall–Kier alpha value is -1.01.